The molecule has 1 saturated heterocycles. The second-order valence-corrected chi connectivity index (χ2v) is 4.22. The maximum absolute atomic E-state index is 12.2. The summed E-state index contributed by atoms with van der Waals surface area (Å²) >= 11 is 0. The Morgan fingerprint density at radius 1 is 1.53 bits per heavy atom. The van der Waals surface area contributed by atoms with E-state index in [4.69, 9.17) is 0 Å². The molecule has 17 heavy (non-hydrogen) atoms. The first-order chi connectivity index (χ1) is 8.24. The summed E-state index contributed by atoms with van der Waals surface area (Å²) in [4.78, 5) is 29.6. The van der Waals surface area contributed by atoms with Gasteiger partial charge in [-0.1, -0.05) is 6.92 Å². The van der Waals surface area contributed by atoms with Crippen LogP contribution in [0.1, 0.15) is 36.5 Å². The Morgan fingerprint density at radius 2 is 2.35 bits per heavy atom. The molecule has 90 valence electrons. The first-order valence-corrected chi connectivity index (χ1v) is 5.97. The molecule has 1 unspecified atom stereocenters. The molecule has 0 radical (unpaired) electrons. The molecule has 1 aromatic rings. The molecule has 1 aromatic heterocycles. The molecule has 4 nitrogen and oxygen atoms in total. The molecule has 1 amide bonds. The topological polar surface area (TPSA) is 50.3 Å². The van der Waals surface area contributed by atoms with Crippen molar-refractivity contribution in [3.8, 4) is 0 Å². The predicted molar refractivity (Wildman–Crippen MR) is 63.6 cm³/mol. The van der Waals surface area contributed by atoms with Crippen LogP contribution >= 0.6 is 0 Å². The van der Waals surface area contributed by atoms with E-state index in [1.54, 1.807) is 29.4 Å². The molecule has 0 bridgehead atoms. The summed E-state index contributed by atoms with van der Waals surface area (Å²) in [5, 5.41) is 0. The lowest BCUT2D eigenvalue weighted by Gasteiger charge is -2.23. The van der Waals surface area contributed by atoms with Gasteiger partial charge in [0.05, 0.1) is 11.6 Å². The normalized spacial score (nSPS) is 19.4. The van der Waals surface area contributed by atoms with Crippen LogP contribution in [0.25, 0.3) is 0 Å². The molecule has 0 aliphatic carbocycles. The third-order valence-electron chi connectivity index (χ3n) is 3.14. The third kappa shape index (κ3) is 2.35. The van der Waals surface area contributed by atoms with Crippen LogP contribution in [0.15, 0.2) is 24.5 Å². The summed E-state index contributed by atoms with van der Waals surface area (Å²) in [5.74, 6) is 0.0714. The van der Waals surface area contributed by atoms with Crippen molar-refractivity contribution in [3.63, 3.8) is 0 Å². The molecule has 4 heteroatoms. The fourth-order valence-corrected chi connectivity index (χ4v) is 2.24. The molecule has 1 aliphatic heterocycles. The number of Topliss-reactive ketones (excluding diaryl/α,β-unsaturated/α-hetero) is 1. The van der Waals surface area contributed by atoms with Crippen molar-refractivity contribution in [2.45, 2.75) is 32.2 Å². The predicted octanol–water partition coefficient (Wildman–Crippen LogP) is 1.67. The fourth-order valence-electron chi connectivity index (χ4n) is 2.24. The highest BCUT2D eigenvalue weighted by Crippen LogP contribution is 2.21. The van der Waals surface area contributed by atoms with E-state index in [0.717, 1.165) is 12.8 Å². The van der Waals surface area contributed by atoms with Gasteiger partial charge in [0.25, 0.3) is 5.91 Å². The third-order valence-corrected chi connectivity index (χ3v) is 3.14. The van der Waals surface area contributed by atoms with Gasteiger partial charge in [-0.15, -0.1) is 0 Å². The van der Waals surface area contributed by atoms with Crippen LogP contribution in [0.3, 0.4) is 0 Å². The maximum atomic E-state index is 12.2. The van der Waals surface area contributed by atoms with Gasteiger partial charge >= 0.3 is 0 Å². The monoisotopic (exact) mass is 232 g/mol. The minimum Gasteiger partial charge on any atom is -0.329 e. The Balaban J connectivity index is 2.17. The molecule has 1 aliphatic rings. The van der Waals surface area contributed by atoms with Crippen molar-refractivity contribution in [2.75, 3.05) is 6.54 Å². The standard InChI is InChI=1S/C13H16N2O2/c1-2-12(16)11-6-4-8-15(11)13(17)10-5-3-7-14-9-10/h3,5,7,9,11H,2,4,6,8H2,1H3. The number of carbonyl (C=O) groups is 2. The van der Waals surface area contributed by atoms with Gasteiger partial charge < -0.3 is 4.90 Å². The lowest BCUT2D eigenvalue weighted by atomic mass is 10.1. The number of carbonyl (C=O) groups excluding carboxylic acids is 2. The van der Waals surface area contributed by atoms with Gasteiger partial charge in [0.1, 0.15) is 0 Å². The van der Waals surface area contributed by atoms with E-state index in [0.29, 0.717) is 18.5 Å². The van der Waals surface area contributed by atoms with E-state index in [1.807, 2.05) is 6.92 Å². The van der Waals surface area contributed by atoms with Gasteiger partial charge in [-0.2, -0.15) is 0 Å². The maximum Gasteiger partial charge on any atom is 0.256 e. The zero-order chi connectivity index (χ0) is 12.3. The SMILES string of the molecule is CCC(=O)C1CCCN1C(=O)c1cccnc1. The van der Waals surface area contributed by atoms with E-state index in [1.165, 1.54) is 0 Å². The Morgan fingerprint density at radius 3 is 3.00 bits per heavy atom. The summed E-state index contributed by atoms with van der Waals surface area (Å²) in [7, 11) is 0. The molecule has 2 heterocycles. The average Bonchev–Trinajstić information content (AvgIpc) is 2.87. The van der Waals surface area contributed by atoms with E-state index in [2.05, 4.69) is 4.98 Å². The first kappa shape index (κ1) is 11.8. The minimum absolute atomic E-state index is 0.0811. The molecule has 2 rings (SSSR count). The number of hydrogen-bond donors (Lipinski definition) is 0. The van der Waals surface area contributed by atoms with Gasteiger partial charge in [0, 0.05) is 25.4 Å². The second-order valence-electron chi connectivity index (χ2n) is 4.22. The van der Waals surface area contributed by atoms with Gasteiger partial charge in [-0.25, -0.2) is 0 Å². The summed E-state index contributed by atoms with van der Waals surface area (Å²) < 4.78 is 0. The number of rotatable bonds is 3. The smallest absolute Gasteiger partial charge is 0.256 e. The largest absolute Gasteiger partial charge is 0.329 e. The van der Waals surface area contributed by atoms with Crippen LogP contribution in [-0.2, 0) is 4.79 Å². The quantitative estimate of drug-likeness (QED) is 0.796. The number of ketones is 1. The number of amides is 1. The van der Waals surface area contributed by atoms with Crippen molar-refractivity contribution < 1.29 is 9.59 Å². The van der Waals surface area contributed by atoms with Crippen molar-refractivity contribution in [3.05, 3.63) is 30.1 Å². The Bertz CT molecular complexity index is 417. The molecule has 0 saturated carbocycles. The van der Waals surface area contributed by atoms with Crippen LogP contribution in [0, 0.1) is 0 Å². The van der Waals surface area contributed by atoms with Gasteiger partial charge in [0.2, 0.25) is 0 Å². The summed E-state index contributed by atoms with van der Waals surface area (Å²) in [6, 6.07) is 3.24. The van der Waals surface area contributed by atoms with Crippen LogP contribution in [-0.4, -0.2) is 34.2 Å². The second kappa shape index (κ2) is 5.08. The highest BCUT2D eigenvalue weighted by molar-refractivity contribution is 5.98. The molecular formula is C13H16N2O2. The lowest BCUT2D eigenvalue weighted by Crippen LogP contribution is -2.40. The molecular weight excluding hydrogens is 216 g/mol. The van der Waals surface area contributed by atoms with E-state index >= 15 is 0 Å². The van der Waals surface area contributed by atoms with Gasteiger partial charge in [-0.3, -0.25) is 14.6 Å². The number of likely N-dealkylation sites (tertiary alicyclic amines) is 1. The highest BCUT2D eigenvalue weighted by Gasteiger charge is 2.33. The van der Waals surface area contributed by atoms with Crippen molar-refractivity contribution in [1.82, 2.24) is 9.88 Å². The molecule has 1 atom stereocenters. The Labute approximate surface area is 101 Å². The molecule has 1 fully saturated rings. The zero-order valence-electron chi connectivity index (χ0n) is 9.93. The van der Waals surface area contributed by atoms with Crippen LogP contribution in [0.2, 0.25) is 0 Å². The zero-order valence-corrected chi connectivity index (χ0v) is 9.93. The van der Waals surface area contributed by atoms with Crippen LogP contribution in [0.5, 0.6) is 0 Å². The van der Waals surface area contributed by atoms with E-state index < -0.39 is 0 Å². The van der Waals surface area contributed by atoms with E-state index in [9.17, 15) is 9.59 Å². The number of pyridine rings is 1. The lowest BCUT2D eigenvalue weighted by molar-refractivity contribution is -0.122. The highest BCUT2D eigenvalue weighted by atomic mass is 16.2. The number of aromatic nitrogens is 1. The van der Waals surface area contributed by atoms with Crippen LogP contribution in [0.4, 0.5) is 0 Å². The summed E-state index contributed by atoms with van der Waals surface area (Å²) in [5.41, 5.74) is 0.559. The van der Waals surface area contributed by atoms with E-state index in [-0.39, 0.29) is 17.7 Å². The van der Waals surface area contributed by atoms with Gasteiger partial charge in [0.15, 0.2) is 5.78 Å². The summed E-state index contributed by atoms with van der Waals surface area (Å²) in [6.45, 7) is 2.51. The Hall–Kier alpha value is -1.71. The van der Waals surface area contributed by atoms with Crippen molar-refractivity contribution >= 4 is 11.7 Å². The van der Waals surface area contributed by atoms with Crippen LogP contribution < -0.4 is 0 Å². The first-order valence-electron chi connectivity index (χ1n) is 5.97. The molecule has 0 aromatic carbocycles. The fraction of sp³-hybridized carbons (Fsp3) is 0.462. The minimum atomic E-state index is -0.229. The summed E-state index contributed by atoms with van der Waals surface area (Å²) in [6.07, 6.45) is 5.37. The van der Waals surface area contributed by atoms with Crippen molar-refractivity contribution in [2.24, 2.45) is 0 Å². The number of hydrogen-bond acceptors (Lipinski definition) is 3. The van der Waals surface area contributed by atoms with Crippen molar-refractivity contribution in [1.29, 1.82) is 0 Å². The molecule has 0 spiro atoms. The average molecular weight is 232 g/mol. The van der Waals surface area contributed by atoms with Gasteiger partial charge in [-0.05, 0) is 25.0 Å². The molecule has 0 N–H and O–H groups in total. The Kier molecular flexibility index (Phi) is 3.52. The number of nitrogens with zero attached hydrogens (tertiary/aromatic N) is 2.